The van der Waals surface area contributed by atoms with E-state index in [4.69, 9.17) is 0 Å². The zero-order valence-electron chi connectivity index (χ0n) is 36.0. The first-order chi connectivity index (χ1) is 29.5. The van der Waals surface area contributed by atoms with Gasteiger partial charge in [-0.3, -0.25) is 29.0 Å². The van der Waals surface area contributed by atoms with Crippen molar-refractivity contribution in [3.8, 4) is 16.2 Å². The van der Waals surface area contributed by atoms with Gasteiger partial charge in [-0.25, -0.2) is 4.98 Å². The Hall–Kier alpha value is -6.19. The highest BCUT2D eigenvalue weighted by molar-refractivity contribution is 7.13. The number of hydrogen-bond donors (Lipinski definition) is 6. The van der Waals surface area contributed by atoms with Gasteiger partial charge in [-0.05, 0) is 72.2 Å². The van der Waals surface area contributed by atoms with Gasteiger partial charge >= 0.3 is 0 Å². The topological polar surface area (TPSA) is 203 Å². The third-order valence-corrected chi connectivity index (χ3v) is 12.0. The van der Waals surface area contributed by atoms with Gasteiger partial charge in [-0.1, -0.05) is 70.2 Å². The number of benzene rings is 3. The Bertz CT molecular complexity index is 2450. The summed E-state index contributed by atoms with van der Waals surface area (Å²) in [6, 6.07) is 17.2. The highest BCUT2D eigenvalue weighted by Crippen LogP contribution is 2.37. The van der Waals surface area contributed by atoms with Crippen LogP contribution < -0.4 is 21.3 Å². The number of aryl methyl sites for hydroxylation is 2. The number of carbonyl (C=O) groups is 5. The molecule has 0 saturated carbocycles. The minimum absolute atomic E-state index is 0.0504. The molecular formula is C47H55N7O7S. The lowest BCUT2D eigenvalue weighted by molar-refractivity contribution is -0.144. The van der Waals surface area contributed by atoms with Crippen LogP contribution in [0.4, 0.5) is 0 Å². The number of carbonyl (C=O) groups excluding carboxylic acids is 5. The number of hydrogen-bond acceptors (Lipinski definition) is 10. The average Bonchev–Trinajstić information content (AvgIpc) is 3.87. The minimum Gasteiger partial charge on any atom is -0.505 e. The smallest absolute Gasteiger partial charge is 0.251 e. The molecule has 2 unspecified atom stereocenters. The molecule has 15 heteroatoms. The van der Waals surface area contributed by atoms with Gasteiger partial charge in [0.1, 0.15) is 23.3 Å². The molecule has 62 heavy (non-hydrogen) atoms. The van der Waals surface area contributed by atoms with Gasteiger partial charge in [0.05, 0.1) is 28.2 Å². The minimum atomic E-state index is -1.03. The van der Waals surface area contributed by atoms with E-state index in [-0.39, 0.29) is 56.1 Å². The normalized spacial score (nSPS) is 16.1. The van der Waals surface area contributed by atoms with Crippen LogP contribution in [0, 0.1) is 19.3 Å². The first-order valence-corrected chi connectivity index (χ1v) is 21.7. The Morgan fingerprint density at radius 3 is 2.35 bits per heavy atom. The van der Waals surface area contributed by atoms with Gasteiger partial charge in [-0.15, -0.1) is 11.3 Å². The predicted molar refractivity (Wildman–Crippen MR) is 238 cm³/mol. The number of pyridine rings is 1. The number of aromatic nitrogens is 2. The van der Waals surface area contributed by atoms with Gasteiger partial charge in [0.25, 0.3) is 5.91 Å². The van der Waals surface area contributed by atoms with E-state index >= 15 is 0 Å². The Morgan fingerprint density at radius 2 is 1.66 bits per heavy atom. The van der Waals surface area contributed by atoms with E-state index in [9.17, 15) is 34.2 Å². The molecular weight excluding hydrogens is 807 g/mol. The molecule has 14 nitrogen and oxygen atoms in total. The number of nitrogens with zero attached hydrogens (tertiary/aromatic N) is 3. The lowest BCUT2D eigenvalue weighted by Gasteiger charge is -2.35. The molecule has 0 radical (unpaired) electrons. The molecule has 1 aliphatic rings. The quantitative estimate of drug-likeness (QED) is 0.0773. The number of nitrogens with one attached hydrogen (secondary N) is 4. The van der Waals surface area contributed by atoms with Crippen molar-refractivity contribution < 1.29 is 34.2 Å². The van der Waals surface area contributed by atoms with E-state index < -0.39 is 53.3 Å². The SMILES string of the molecule is CCCC(=O)NC(c1cccc(C(=O)NCCC(=O)NC(C(=O)N2C[C@@H](O)C[C@@H]2C(=O)NCc2ccc(-c3scnc3C)cc2)C(C)(C)C)c1)c1cc(C)c2cccnc2c1O. The number of aliphatic hydroxyl groups is 1. The molecule has 6 rings (SSSR count). The van der Waals surface area contributed by atoms with Crippen molar-refractivity contribution in [3.05, 3.63) is 112 Å². The van der Waals surface area contributed by atoms with E-state index in [0.717, 1.165) is 32.6 Å². The van der Waals surface area contributed by atoms with E-state index in [1.54, 1.807) is 74.1 Å². The zero-order chi connectivity index (χ0) is 44.7. The first kappa shape index (κ1) is 45.3. The first-order valence-electron chi connectivity index (χ1n) is 20.8. The van der Waals surface area contributed by atoms with Gasteiger partial charge in [0.2, 0.25) is 23.6 Å². The van der Waals surface area contributed by atoms with Crippen molar-refractivity contribution in [3.63, 3.8) is 0 Å². The van der Waals surface area contributed by atoms with Gasteiger partial charge in [0, 0.05) is 61.6 Å². The molecule has 3 aromatic carbocycles. The van der Waals surface area contributed by atoms with Crippen molar-refractivity contribution in [2.45, 2.75) is 98.0 Å². The maximum atomic E-state index is 14.1. The van der Waals surface area contributed by atoms with E-state index in [1.165, 1.54) is 4.90 Å². The number of rotatable bonds is 15. The fraction of sp³-hybridized carbons (Fsp3) is 0.383. The maximum absolute atomic E-state index is 14.1. The fourth-order valence-corrected chi connectivity index (χ4v) is 8.53. The molecule has 1 fully saturated rings. The molecule has 0 spiro atoms. The van der Waals surface area contributed by atoms with Crippen LogP contribution in [-0.2, 0) is 25.7 Å². The largest absolute Gasteiger partial charge is 0.505 e. The van der Waals surface area contributed by atoms with Crippen LogP contribution in [0.15, 0.2) is 78.4 Å². The summed E-state index contributed by atoms with van der Waals surface area (Å²) in [5.41, 5.74) is 6.43. The number of β-amino-alcohol motifs (C(OH)–C–C–N with tert-alkyl or cyclic N) is 1. The van der Waals surface area contributed by atoms with Crippen LogP contribution in [0.3, 0.4) is 0 Å². The second-order valence-electron chi connectivity index (χ2n) is 16.9. The number of aliphatic hydroxyl groups excluding tert-OH is 1. The highest BCUT2D eigenvalue weighted by atomic mass is 32.1. The van der Waals surface area contributed by atoms with Gasteiger partial charge in [0.15, 0.2) is 0 Å². The summed E-state index contributed by atoms with van der Waals surface area (Å²) >= 11 is 1.56. The number of phenols is 1. The summed E-state index contributed by atoms with van der Waals surface area (Å²) in [5.74, 6) is -2.13. The van der Waals surface area contributed by atoms with E-state index in [1.807, 2.05) is 57.2 Å². The van der Waals surface area contributed by atoms with E-state index in [0.29, 0.717) is 23.1 Å². The molecule has 1 aliphatic heterocycles. The Balaban J connectivity index is 1.08. The fourth-order valence-electron chi connectivity index (χ4n) is 7.71. The van der Waals surface area contributed by atoms with Crippen LogP contribution in [0.1, 0.15) is 97.7 Å². The summed E-state index contributed by atoms with van der Waals surface area (Å²) in [7, 11) is 0. The Morgan fingerprint density at radius 1 is 0.919 bits per heavy atom. The molecule has 5 amide bonds. The highest BCUT2D eigenvalue weighted by Gasteiger charge is 2.44. The van der Waals surface area contributed by atoms with Crippen LogP contribution in [0.25, 0.3) is 21.3 Å². The van der Waals surface area contributed by atoms with Crippen LogP contribution in [0.2, 0.25) is 0 Å². The Kier molecular flexibility index (Phi) is 14.4. The molecule has 326 valence electrons. The van der Waals surface area contributed by atoms with Crippen LogP contribution in [0.5, 0.6) is 5.75 Å². The number of likely N-dealkylation sites (tertiary alicyclic amines) is 1. The van der Waals surface area contributed by atoms with Gasteiger partial charge in [-0.2, -0.15) is 0 Å². The molecule has 4 atom stereocenters. The van der Waals surface area contributed by atoms with Crippen molar-refractivity contribution in [2.75, 3.05) is 13.1 Å². The summed E-state index contributed by atoms with van der Waals surface area (Å²) in [4.78, 5) is 78.5. The van der Waals surface area contributed by atoms with Gasteiger partial charge < -0.3 is 36.4 Å². The lowest BCUT2D eigenvalue weighted by atomic mass is 9.85. The third-order valence-electron chi connectivity index (χ3n) is 11.0. The van der Waals surface area contributed by atoms with E-state index in [2.05, 4.69) is 31.2 Å². The molecule has 1 saturated heterocycles. The molecule has 2 aromatic heterocycles. The van der Waals surface area contributed by atoms with Crippen LogP contribution >= 0.6 is 11.3 Å². The molecule has 0 aliphatic carbocycles. The number of phenolic OH excluding ortho intramolecular Hbond substituents is 1. The number of fused-ring (bicyclic) bond motifs is 1. The predicted octanol–water partition coefficient (Wildman–Crippen LogP) is 5.62. The summed E-state index contributed by atoms with van der Waals surface area (Å²) < 4.78 is 0. The standard InChI is InChI=1S/C47H55N7O7S/c1-7-10-37(56)52-39(35-21-27(2)34-13-9-19-48-40(34)41(35)58)31-11-8-12-32(22-31)44(59)49-20-18-38(57)53-43(47(4,5)6)46(61)54-25-33(55)23-36(54)45(60)50-24-29-14-16-30(17-15-29)42-28(3)51-26-62-42/h8-9,11-17,19,21-22,26,33,36,39,43,55,58H,7,10,18,20,23-25H2,1-6H3,(H,49,59)(H,50,60)(H,52,56)(H,53,57)/t33-,36+,39?,43?/m0/s1. The number of amides is 5. The molecule has 6 N–H and O–H groups in total. The summed E-state index contributed by atoms with van der Waals surface area (Å²) in [6.45, 7) is 11.3. The summed E-state index contributed by atoms with van der Waals surface area (Å²) in [6.07, 6.45) is 1.48. The second kappa shape index (κ2) is 19.7. The molecule has 0 bridgehead atoms. The van der Waals surface area contributed by atoms with Crippen molar-refractivity contribution in [1.29, 1.82) is 0 Å². The van der Waals surface area contributed by atoms with Crippen molar-refractivity contribution >= 4 is 51.8 Å². The summed E-state index contributed by atoms with van der Waals surface area (Å²) in [5, 5.41) is 34.3. The van der Waals surface area contributed by atoms with Crippen molar-refractivity contribution in [1.82, 2.24) is 36.1 Å². The molecule has 3 heterocycles. The zero-order valence-corrected chi connectivity index (χ0v) is 36.8. The Labute approximate surface area is 365 Å². The van der Waals surface area contributed by atoms with Crippen molar-refractivity contribution in [2.24, 2.45) is 5.41 Å². The third kappa shape index (κ3) is 10.6. The number of aromatic hydroxyl groups is 1. The average molecular weight is 862 g/mol. The maximum Gasteiger partial charge on any atom is 0.251 e. The monoisotopic (exact) mass is 861 g/mol. The molecule has 5 aromatic rings. The van der Waals surface area contributed by atoms with Crippen LogP contribution in [-0.4, -0.2) is 85.9 Å². The number of thiazole rings is 1. The lowest BCUT2D eigenvalue weighted by Crippen LogP contribution is -2.57. The second-order valence-corrected chi connectivity index (χ2v) is 17.7.